The van der Waals surface area contributed by atoms with Crippen molar-refractivity contribution >= 4 is 47.1 Å². The second kappa shape index (κ2) is 12.4. The molecule has 12 heteroatoms. The van der Waals surface area contributed by atoms with E-state index in [0.717, 1.165) is 48.7 Å². The molecule has 0 unspecified atom stereocenters. The van der Waals surface area contributed by atoms with Crippen molar-refractivity contribution in [1.82, 2.24) is 29.9 Å². The fraction of sp³-hybridized carbons (Fsp3) is 0.357. The summed E-state index contributed by atoms with van der Waals surface area (Å²) in [5.41, 5.74) is 3.85. The largest absolute Gasteiger partial charge is 0.350 e. The molecule has 0 saturated carbocycles. The molecule has 2 aromatic heterocycles. The number of fused-ring (bicyclic) bond motifs is 8. The average Bonchev–Trinajstić information content (AvgIpc) is 2.96. The summed E-state index contributed by atoms with van der Waals surface area (Å²) in [6.07, 6.45) is 0. The zero-order valence-corrected chi connectivity index (χ0v) is 23.4. The van der Waals surface area contributed by atoms with Gasteiger partial charge in [-0.15, -0.1) is 0 Å². The van der Waals surface area contributed by atoms with Crippen molar-refractivity contribution in [3.63, 3.8) is 0 Å². The normalized spacial score (nSPS) is 12.5. The lowest BCUT2D eigenvalue weighted by molar-refractivity contribution is 0.813. The Hall–Kier alpha value is -4.74. The van der Waals surface area contributed by atoms with Crippen LogP contribution in [0.25, 0.3) is 0 Å². The molecule has 0 aliphatic carbocycles. The number of hydrogen-bond acceptors (Lipinski definition) is 12. The summed E-state index contributed by atoms with van der Waals surface area (Å²) in [7, 11) is 0. The quantitative estimate of drug-likeness (QED) is 0.268. The molecule has 0 spiro atoms. The minimum atomic E-state index is 0.460. The lowest BCUT2D eigenvalue weighted by atomic mass is 10.1. The molecule has 0 amide bonds. The monoisotopic (exact) mass is 540 g/mol. The first kappa shape index (κ1) is 26.9. The number of aromatic nitrogens is 6. The standard InChI is InChI=1S/C28H36N12/c1-5-39(6-2)27-35-23-29-17-19-11-9-12-20(15-19)18-30-24-34-26(38-28(36-24)40(7-3)8-4)32-22-14-10-13-21(16-22)31-25(33-23)37-27/h9-16H,5-8,17-18H2,1-4H3,(H2,29,31,33,35,37)(H2,30,32,34,36,38). The molecule has 5 rings (SSSR count). The van der Waals surface area contributed by atoms with Gasteiger partial charge in [-0.1, -0.05) is 30.3 Å². The molecule has 1 aliphatic heterocycles. The Balaban J connectivity index is 1.56. The summed E-state index contributed by atoms with van der Waals surface area (Å²) < 4.78 is 0. The molecule has 3 heterocycles. The van der Waals surface area contributed by atoms with Crippen LogP contribution in [0.1, 0.15) is 38.8 Å². The SMILES string of the molecule is CCN(CC)c1nc2nc(n1)Nc1cccc(c1)Nc1nc(nc(N(CC)CC)n1)NCc1cccc(c1)CN2. The third kappa shape index (κ3) is 6.45. The Labute approximate surface area is 234 Å². The van der Waals surface area contributed by atoms with E-state index in [1.807, 2.05) is 30.3 Å². The highest BCUT2D eigenvalue weighted by molar-refractivity contribution is 5.65. The lowest BCUT2D eigenvalue weighted by Crippen LogP contribution is -2.25. The van der Waals surface area contributed by atoms with Gasteiger partial charge >= 0.3 is 0 Å². The maximum atomic E-state index is 4.71. The van der Waals surface area contributed by atoms with Crippen LogP contribution in [0.4, 0.5) is 47.1 Å². The van der Waals surface area contributed by atoms with Crippen LogP contribution in [0.5, 0.6) is 0 Å². The second-order valence-corrected chi connectivity index (χ2v) is 9.27. The van der Waals surface area contributed by atoms with Crippen LogP contribution in [0, 0.1) is 0 Å². The summed E-state index contributed by atoms with van der Waals surface area (Å²) >= 11 is 0. The predicted molar refractivity (Wildman–Crippen MR) is 161 cm³/mol. The van der Waals surface area contributed by atoms with Crippen molar-refractivity contribution < 1.29 is 0 Å². The Morgan fingerprint density at radius 2 is 0.975 bits per heavy atom. The maximum Gasteiger partial charge on any atom is 0.233 e. The van der Waals surface area contributed by atoms with Gasteiger partial charge in [0.15, 0.2) is 0 Å². The molecule has 4 aromatic rings. The minimum Gasteiger partial charge on any atom is -0.350 e. The zero-order valence-electron chi connectivity index (χ0n) is 23.4. The van der Waals surface area contributed by atoms with Gasteiger partial charge in [-0.05, 0) is 57.0 Å². The number of anilines is 8. The van der Waals surface area contributed by atoms with Gasteiger partial charge < -0.3 is 31.1 Å². The van der Waals surface area contributed by atoms with Gasteiger partial charge in [0.2, 0.25) is 35.7 Å². The number of nitrogens with zero attached hydrogens (tertiary/aromatic N) is 8. The van der Waals surface area contributed by atoms with Crippen molar-refractivity contribution in [2.24, 2.45) is 0 Å². The Morgan fingerprint density at radius 1 is 0.550 bits per heavy atom. The first-order chi connectivity index (χ1) is 19.6. The van der Waals surface area contributed by atoms with E-state index in [0.29, 0.717) is 48.8 Å². The number of rotatable bonds is 6. The minimum absolute atomic E-state index is 0.460. The summed E-state index contributed by atoms with van der Waals surface area (Å²) in [5, 5.41) is 13.5. The van der Waals surface area contributed by atoms with Gasteiger partial charge in [0.05, 0.1) is 0 Å². The van der Waals surface area contributed by atoms with Gasteiger partial charge in [0, 0.05) is 50.6 Å². The first-order valence-electron chi connectivity index (χ1n) is 13.8. The molecule has 1 aliphatic rings. The van der Waals surface area contributed by atoms with E-state index >= 15 is 0 Å². The van der Waals surface area contributed by atoms with Gasteiger partial charge in [0.1, 0.15) is 0 Å². The summed E-state index contributed by atoms with van der Waals surface area (Å²) in [4.78, 5) is 32.3. The van der Waals surface area contributed by atoms with Crippen LogP contribution in [0.3, 0.4) is 0 Å². The molecule has 2 aromatic carbocycles. The van der Waals surface area contributed by atoms with Crippen LogP contribution in [0.15, 0.2) is 48.5 Å². The van der Waals surface area contributed by atoms with Crippen LogP contribution in [-0.2, 0) is 13.1 Å². The summed E-state index contributed by atoms with van der Waals surface area (Å²) in [5.74, 6) is 3.18. The molecular weight excluding hydrogens is 504 g/mol. The van der Waals surface area contributed by atoms with Gasteiger partial charge in [-0.25, -0.2) is 0 Å². The second-order valence-electron chi connectivity index (χ2n) is 9.27. The van der Waals surface area contributed by atoms with E-state index in [1.54, 1.807) is 0 Å². The Morgan fingerprint density at radius 3 is 1.43 bits per heavy atom. The van der Waals surface area contributed by atoms with Crippen molar-refractivity contribution in [3.05, 3.63) is 59.7 Å². The van der Waals surface area contributed by atoms with Gasteiger partial charge in [0.25, 0.3) is 0 Å². The fourth-order valence-corrected chi connectivity index (χ4v) is 4.44. The van der Waals surface area contributed by atoms with Crippen LogP contribution < -0.4 is 31.1 Å². The highest BCUT2D eigenvalue weighted by atomic mass is 15.3. The molecule has 0 saturated heterocycles. The molecule has 8 bridgehead atoms. The number of benzene rings is 2. The predicted octanol–water partition coefficient (Wildman–Crippen LogP) is 4.77. The fourth-order valence-electron chi connectivity index (χ4n) is 4.44. The first-order valence-corrected chi connectivity index (χ1v) is 13.8. The van der Waals surface area contributed by atoms with E-state index < -0.39 is 0 Å². The third-order valence-electron chi connectivity index (χ3n) is 6.61. The molecule has 0 atom stereocenters. The van der Waals surface area contributed by atoms with E-state index in [1.165, 1.54) is 0 Å². The smallest absolute Gasteiger partial charge is 0.233 e. The number of hydrogen-bond donors (Lipinski definition) is 4. The summed E-state index contributed by atoms with van der Waals surface area (Å²) in [6, 6.07) is 16.2. The molecule has 4 N–H and O–H groups in total. The zero-order chi connectivity index (χ0) is 27.9. The van der Waals surface area contributed by atoms with E-state index in [-0.39, 0.29) is 0 Å². The molecule has 0 radical (unpaired) electrons. The molecular formula is C28H36N12. The topological polar surface area (TPSA) is 132 Å². The van der Waals surface area contributed by atoms with Crippen molar-refractivity contribution in [2.45, 2.75) is 40.8 Å². The van der Waals surface area contributed by atoms with Gasteiger partial charge in [-0.3, -0.25) is 0 Å². The van der Waals surface area contributed by atoms with Gasteiger partial charge in [-0.2, -0.15) is 29.9 Å². The van der Waals surface area contributed by atoms with Crippen LogP contribution in [0.2, 0.25) is 0 Å². The lowest BCUT2D eigenvalue weighted by Gasteiger charge is -2.20. The maximum absolute atomic E-state index is 4.71. The van der Waals surface area contributed by atoms with E-state index in [4.69, 9.17) is 19.9 Å². The van der Waals surface area contributed by atoms with Crippen LogP contribution in [-0.4, -0.2) is 56.1 Å². The van der Waals surface area contributed by atoms with E-state index in [2.05, 4.69) is 86.9 Å². The average molecular weight is 541 g/mol. The third-order valence-corrected chi connectivity index (χ3v) is 6.61. The molecule has 12 nitrogen and oxygen atoms in total. The highest BCUT2D eigenvalue weighted by Gasteiger charge is 2.14. The number of nitrogens with one attached hydrogen (secondary N) is 4. The van der Waals surface area contributed by atoms with Crippen molar-refractivity contribution in [1.29, 1.82) is 0 Å². The molecule has 40 heavy (non-hydrogen) atoms. The van der Waals surface area contributed by atoms with Crippen molar-refractivity contribution in [2.75, 3.05) is 57.2 Å². The Bertz CT molecular complexity index is 1330. The highest BCUT2D eigenvalue weighted by Crippen LogP contribution is 2.24. The Kier molecular flexibility index (Phi) is 8.33. The summed E-state index contributed by atoms with van der Waals surface area (Å²) in [6.45, 7) is 12.6. The molecule has 0 fully saturated rings. The van der Waals surface area contributed by atoms with Crippen molar-refractivity contribution in [3.8, 4) is 0 Å². The van der Waals surface area contributed by atoms with E-state index in [9.17, 15) is 0 Å². The van der Waals surface area contributed by atoms with Crippen LogP contribution >= 0.6 is 0 Å². The molecule has 208 valence electrons.